The van der Waals surface area contributed by atoms with Crippen LogP contribution in [0.15, 0.2) is 0 Å². The summed E-state index contributed by atoms with van der Waals surface area (Å²) in [5.74, 6) is -2.35. The van der Waals surface area contributed by atoms with Gasteiger partial charge >= 0.3 is 35.8 Å². The van der Waals surface area contributed by atoms with Gasteiger partial charge in [-0.15, -0.1) is 0 Å². The van der Waals surface area contributed by atoms with Gasteiger partial charge in [0.25, 0.3) is 0 Å². The Morgan fingerprint density at radius 1 is 0.382 bits per heavy atom. The Balaban J connectivity index is 6.01. The first-order chi connectivity index (χ1) is 32.8. The lowest BCUT2D eigenvalue weighted by Gasteiger charge is -2.32. The highest BCUT2D eigenvalue weighted by Gasteiger charge is 2.38. The zero-order valence-electron chi connectivity index (χ0n) is 44.6. The van der Waals surface area contributed by atoms with Crippen molar-refractivity contribution in [3.8, 4) is 0 Å². The van der Waals surface area contributed by atoms with E-state index in [1.807, 2.05) is 0 Å². The van der Waals surface area contributed by atoms with Crippen molar-refractivity contribution in [3.05, 3.63) is 0 Å². The molecule has 398 valence electrons. The molecule has 0 bridgehead atoms. The van der Waals surface area contributed by atoms with E-state index in [0.717, 1.165) is 122 Å². The van der Waals surface area contributed by atoms with Crippen LogP contribution in [0.1, 0.15) is 248 Å². The lowest BCUT2D eigenvalue weighted by Crippen LogP contribution is -2.44. The standard InChI is InChI=1S/C55H101NO12/c1-8-13-17-21-29-40-63-49(57)34-25-27-36-51(59)65-43-55(45-67-53(61)38-31-39-56(12-5)47(6)7,44-66-52(60)37-28-26-35-50(58)64-41-30-22-18-14-9-2)46-68-54(62)42-48(32-23-19-15-10-3)33-24-20-16-11-4/h47-48H,8-46H2,1-7H3. The number of hydrogen-bond acceptors (Lipinski definition) is 13. The van der Waals surface area contributed by atoms with Gasteiger partial charge in [-0.1, -0.05) is 137 Å². The Bertz CT molecular complexity index is 1230. The molecule has 0 amide bonds. The van der Waals surface area contributed by atoms with E-state index in [-0.39, 0.29) is 82.8 Å². The molecule has 13 nitrogen and oxygen atoms in total. The number of nitrogens with zero attached hydrogens (tertiary/aromatic N) is 1. The first-order valence-corrected chi connectivity index (χ1v) is 27.5. The lowest BCUT2D eigenvalue weighted by atomic mass is 9.91. The van der Waals surface area contributed by atoms with Crippen molar-refractivity contribution in [2.24, 2.45) is 11.3 Å². The van der Waals surface area contributed by atoms with Crippen molar-refractivity contribution in [3.63, 3.8) is 0 Å². The van der Waals surface area contributed by atoms with Crippen LogP contribution in [0.4, 0.5) is 0 Å². The molecule has 0 unspecified atom stereocenters. The van der Waals surface area contributed by atoms with E-state index < -0.39 is 29.3 Å². The average molecular weight is 968 g/mol. The minimum Gasteiger partial charge on any atom is -0.466 e. The fraction of sp³-hybridized carbons (Fsp3) is 0.891. The Morgan fingerprint density at radius 2 is 0.706 bits per heavy atom. The summed E-state index contributed by atoms with van der Waals surface area (Å²) in [4.78, 5) is 80.2. The molecular weight excluding hydrogens is 867 g/mol. The molecule has 0 heterocycles. The maximum absolute atomic E-state index is 13.7. The molecule has 0 aromatic carbocycles. The lowest BCUT2D eigenvalue weighted by molar-refractivity contribution is -0.171. The Labute approximate surface area is 414 Å². The quantitative estimate of drug-likeness (QED) is 0.0322. The molecule has 0 rings (SSSR count). The number of carbonyl (C=O) groups excluding carboxylic acids is 6. The van der Waals surface area contributed by atoms with E-state index in [0.29, 0.717) is 57.9 Å². The van der Waals surface area contributed by atoms with Gasteiger partial charge in [-0.3, -0.25) is 28.8 Å². The van der Waals surface area contributed by atoms with Crippen LogP contribution < -0.4 is 0 Å². The second-order valence-corrected chi connectivity index (χ2v) is 19.4. The first-order valence-electron chi connectivity index (χ1n) is 27.5. The largest absolute Gasteiger partial charge is 0.466 e. The number of unbranched alkanes of at least 4 members (excludes halogenated alkanes) is 16. The first kappa shape index (κ1) is 64.8. The van der Waals surface area contributed by atoms with E-state index in [2.05, 4.69) is 53.4 Å². The predicted octanol–water partition coefficient (Wildman–Crippen LogP) is 12.8. The fourth-order valence-electron chi connectivity index (χ4n) is 7.98. The molecule has 0 aromatic heterocycles. The van der Waals surface area contributed by atoms with E-state index >= 15 is 0 Å². The van der Waals surface area contributed by atoms with Crippen LogP contribution in [0.25, 0.3) is 0 Å². The third-order valence-corrected chi connectivity index (χ3v) is 12.6. The van der Waals surface area contributed by atoms with Crippen molar-refractivity contribution in [2.45, 2.75) is 254 Å². The zero-order valence-corrected chi connectivity index (χ0v) is 44.6. The van der Waals surface area contributed by atoms with Crippen molar-refractivity contribution < 1.29 is 57.2 Å². The molecule has 0 saturated heterocycles. The highest BCUT2D eigenvalue weighted by Crippen LogP contribution is 2.26. The third-order valence-electron chi connectivity index (χ3n) is 12.6. The number of rotatable bonds is 48. The minimum absolute atomic E-state index is 0.0303. The summed E-state index contributed by atoms with van der Waals surface area (Å²) >= 11 is 0. The summed E-state index contributed by atoms with van der Waals surface area (Å²) in [6, 6.07) is 0.327. The minimum atomic E-state index is -1.39. The summed E-state index contributed by atoms with van der Waals surface area (Å²) in [5.41, 5.74) is -1.39. The summed E-state index contributed by atoms with van der Waals surface area (Å²) in [6.45, 7) is 16.0. The van der Waals surface area contributed by atoms with Gasteiger partial charge in [0.15, 0.2) is 0 Å². The molecule has 0 aliphatic carbocycles. The molecule has 0 aromatic rings. The third kappa shape index (κ3) is 38.6. The van der Waals surface area contributed by atoms with Crippen LogP contribution in [-0.2, 0) is 57.2 Å². The predicted molar refractivity (Wildman–Crippen MR) is 270 cm³/mol. The number of carbonyl (C=O) groups is 6. The van der Waals surface area contributed by atoms with Gasteiger partial charge in [0.2, 0.25) is 0 Å². The van der Waals surface area contributed by atoms with Crippen LogP contribution in [0.3, 0.4) is 0 Å². The van der Waals surface area contributed by atoms with Crippen LogP contribution in [0.2, 0.25) is 0 Å². The van der Waals surface area contributed by atoms with Crippen LogP contribution >= 0.6 is 0 Å². The summed E-state index contributed by atoms with van der Waals surface area (Å²) in [7, 11) is 0. The van der Waals surface area contributed by atoms with Crippen LogP contribution in [-0.4, -0.2) is 99.5 Å². The molecule has 0 saturated carbocycles. The highest BCUT2D eigenvalue weighted by atomic mass is 16.6. The Morgan fingerprint density at radius 3 is 1.06 bits per heavy atom. The fourth-order valence-corrected chi connectivity index (χ4v) is 7.98. The molecule has 0 fully saturated rings. The second kappa shape index (κ2) is 45.0. The summed E-state index contributed by atoms with van der Waals surface area (Å²) < 4.78 is 34.2. The van der Waals surface area contributed by atoms with Gasteiger partial charge in [-0.2, -0.15) is 0 Å². The molecule has 0 atom stereocenters. The maximum Gasteiger partial charge on any atom is 0.306 e. The Kier molecular flexibility index (Phi) is 42.8. The molecule has 0 aliphatic heterocycles. The van der Waals surface area contributed by atoms with E-state index in [9.17, 15) is 28.8 Å². The van der Waals surface area contributed by atoms with E-state index in [1.165, 1.54) is 12.8 Å². The zero-order chi connectivity index (χ0) is 50.5. The van der Waals surface area contributed by atoms with Crippen LogP contribution in [0.5, 0.6) is 0 Å². The molecule has 68 heavy (non-hydrogen) atoms. The number of esters is 6. The summed E-state index contributed by atoms with van der Waals surface area (Å²) in [6.07, 6.45) is 24.4. The van der Waals surface area contributed by atoms with Crippen molar-refractivity contribution >= 4 is 35.8 Å². The molecule has 0 aliphatic rings. The number of hydrogen-bond donors (Lipinski definition) is 0. The molecular formula is C55H101NO12. The van der Waals surface area contributed by atoms with Gasteiger partial charge in [-0.05, 0) is 90.6 Å². The van der Waals surface area contributed by atoms with E-state index in [4.69, 9.17) is 28.4 Å². The number of ether oxygens (including phenoxy) is 6. The van der Waals surface area contributed by atoms with Gasteiger partial charge in [0.05, 0.1) is 13.2 Å². The summed E-state index contributed by atoms with van der Waals surface area (Å²) in [5, 5.41) is 0. The SMILES string of the molecule is CCCCCCCOC(=O)CCCCC(=O)OCC(COC(=O)CCCCC(=O)OCCCCCCC)(COC(=O)CCCN(CC)C(C)C)COC(=O)CC(CCCCCC)CCCCCC. The van der Waals surface area contributed by atoms with E-state index in [1.54, 1.807) is 0 Å². The molecule has 0 N–H and O–H groups in total. The Hall–Kier alpha value is -3.22. The second-order valence-electron chi connectivity index (χ2n) is 19.4. The monoisotopic (exact) mass is 968 g/mol. The van der Waals surface area contributed by atoms with Gasteiger partial charge in [0, 0.05) is 44.6 Å². The van der Waals surface area contributed by atoms with Crippen molar-refractivity contribution in [2.75, 3.05) is 52.7 Å². The smallest absolute Gasteiger partial charge is 0.306 e. The molecule has 0 radical (unpaired) electrons. The maximum atomic E-state index is 13.7. The van der Waals surface area contributed by atoms with Gasteiger partial charge in [-0.25, -0.2) is 0 Å². The normalized spacial score (nSPS) is 11.6. The van der Waals surface area contributed by atoms with Gasteiger partial charge in [0.1, 0.15) is 31.8 Å². The highest BCUT2D eigenvalue weighted by molar-refractivity contribution is 5.72. The van der Waals surface area contributed by atoms with Crippen molar-refractivity contribution in [1.29, 1.82) is 0 Å². The average Bonchev–Trinajstić information content (AvgIpc) is 3.32. The molecule has 13 heteroatoms. The topological polar surface area (TPSA) is 161 Å². The van der Waals surface area contributed by atoms with Crippen LogP contribution in [0, 0.1) is 11.3 Å². The van der Waals surface area contributed by atoms with Gasteiger partial charge < -0.3 is 33.3 Å². The molecule has 0 spiro atoms. The van der Waals surface area contributed by atoms with Crippen molar-refractivity contribution in [1.82, 2.24) is 4.90 Å².